The molecule has 0 bridgehead atoms. The van der Waals surface area contributed by atoms with Crippen molar-refractivity contribution in [2.75, 3.05) is 6.61 Å². The second-order valence-corrected chi connectivity index (χ2v) is 8.88. The zero-order valence-electron chi connectivity index (χ0n) is 17.9. The van der Waals surface area contributed by atoms with Gasteiger partial charge in [0.25, 0.3) is 5.91 Å². The van der Waals surface area contributed by atoms with Crippen LogP contribution >= 0.6 is 0 Å². The maximum absolute atomic E-state index is 12.3. The van der Waals surface area contributed by atoms with Crippen LogP contribution in [0.25, 0.3) is 6.08 Å². The number of nitrogens with one attached hydrogen (secondary N) is 2. The molecule has 2 aromatic carbocycles. The van der Waals surface area contributed by atoms with Crippen LogP contribution in [0.2, 0.25) is 0 Å². The highest BCUT2D eigenvalue weighted by Gasteiger charge is 2.14. The first-order valence-corrected chi connectivity index (χ1v) is 11.6. The van der Waals surface area contributed by atoms with Gasteiger partial charge in [0, 0.05) is 6.08 Å². The van der Waals surface area contributed by atoms with E-state index in [0.29, 0.717) is 11.3 Å². The lowest BCUT2D eigenvalue weighted by atomic mass is 10.1. The summed E-state index contributed by atoms with van der Waals surface area (Å²) in [6.07, 6.45) is 4.11. The summed E-state index contributed by atoms with van der Waals surface area (Å²) < 4.78 is 37.2. The maximum Gasteiger partial charge on any atom is 0.331 e. The Balaban J connectivity index is 1.46. The lowest BCUT2D eigenvalue weighted by molar-refractivity contribution is -0.144. The Morgan fingerprint density at radius 3 is 2.42 bits per heavy atom. The van der Waals surface area contributed by atoms with Crippen molar-refractivity contribution in [3.63, 3.8) is 0 Å². The monoisotopic (exact) mass is 468 g/mol. The van der Waals surface area contributed by atoms with Crippen molar-refractivity contribution in [3.8, 4) is 0 Å². The summed E-state index contributed by atoms with van der Waals surface area (Å²) in [7, 11) is -3.70. The third-order valence-electron chi connectivity index (χ3n) is 4.64. The Morgan fingerprint density at radius 2 is 1.76 bits per heavy atom. The highest BCUT2D eigenvalue weighted by atomic mass is 32.2. The molecule has 0 aliphatic carbocycles. The van der Waals surface area contributed by atoms with Crippen molar-refractivity contribution in [3.05, 3.63) is 96.0 Å². The summed E-state index contributed by atoms with van der Waals surface area (Å²) in [5.41, 5.74) is 1.54. The molecule has 33 heavy (non-hydrogen) atoms. The lowest BCUT2D eigenvalue weighted by Gasteiger charge is -2.13. The molecular formula is C24H24N2O6S. The highest BCUT2D eigenvalue weighted by Crippen LogP contribution is 2.13. The van der Waals surface area contributed by atoms with Crippen LogP contribution in [0.1, 0.15) is 29.9 Å². The van der Waals surface area contributed by atoms with Gasteiger partial charge in [0.2, 0.25) is 10.0 Å². The smallest absolute Gasteiger partial charge is 0.331 e. The van der Waals surface area contributed by atoms with Crippen molar-refractivity contribution in [2.24, 2.45) is 0 Å². The van der Waals surface area contributed by atoms with Gasteiger partial charge >= 0.3 is 5.97 Å². The van der Waals surface area contributed by atoms with Crippen molar-refractivity contribution in [1.29, 1.82) is 0 Å². The number of hydrogen-bond acceptors (Lipinski definition) is 6. The predicted octanol–water partition coefficient (Wildman–Crippen LogP) is 3.19. The Labute approximate surface area is 192 Å². The number of carbonyl (C=O) groups is 2. The normalized spacial score (nSPS) is 12.4. The lowest BCUT2D eigenvalue weighted by Crippen LogP contribution is -2.30. The van der Waals surface area contributed by atoms with Crippen molar-refractivity contribution >= 4 is 28.0 Å². The van der Waals surface area contributed by atoms with E-state index in [4.69, 9.17) is 9.15 Å². The maximum atomic E-state index is 12.3. The van der Waals surface area contributed by atoms with Gasteiger partial charge in [-0.2, -0.15) is 0 Å². The molecule has 172 valence electrons. The molecule has 8 nitrogen and oxygen atoms in total. The second-order valence-electron chi connectivity index (χ2n) is 7.11. The number of amides is 1. The van der Waals surface area contributed by atoms with Crippen LogP contribution in [0.3, 0.4) is 0 Å². The fourth-order valence-electron chi connectivity index (χ4n) is 2.88. The standard InChI is InChI=1S/C24H24N2O6S/c1-18(20-6-3-2-4-7-20)26-23(27)17-32-24(28)14-11-19-9-12-22(13-10-19)33(29,30)25-16-21-8-5-15-31-21/h2-15,18,25H,16-17H2,1H3,(H,26,27)/b14-11+/t18-/m0/s1. The van der Waals surface area contributed by atoms with E-state index >= 15 is 0 Å². The van der Waals surface area contributed by atoms with Crippen LogP contribution in [0.4, 0.5) is 0 Å². The van der Waals surface area contributed by atoms with Crippen molar-refractivity contribution in [2.45, 2.75) is 24.4 Å². The number of esters is 1. The number of carbonyl (C=O) groups excluding carboxylic acids is 2. The molecule has 0 saturated heterocycles. The summed E-state index contributed by atoms with van der Waals surface area (Å²) in [5, 5.41) is 2.76. The van der Waals surface area contributed by atoms with Gasteiger partial charge in [-0.1, -0.05) is 42.5 Å². The van der Waals surface area contributed by atoms with Gasteiger partial charge in [0.05, 0.1) is 23.7 Å². The van der Waals surface area contributed by atoms with E-state index in [9.17, 15) is 18.0 Å². The van der Waals surface area contributed by atoms with Gasteiger partial charge in [-0.25, -0.2) is 17.9 Å². The minimum atomic E-state index is -3.70. The first-order chi connectivity index (χ1) is 15.8. The molecule has 3 aromatic rings. The Morgan fingerprint density at radius 1 is 1.03 bits per heavy atom. The van der Waals surface area contributed by atoms with Crippen LogP contribution in [0.5, 0.6) is 0 Å². The van der Waals surface area contributed by atoms with E-state index < -0.39 is 28.5 Å². The summed E-state index contributed by atoms with van der Waals surface area (Å²) in [5.74, 6) is -0.598. The van der Waals surface area contributed by atoms with Gasteiger partial charge in [-0.15, -0.1) is 0 Å². The first kappa shape index (κ1) is 24.0. The summed E-state index contributed by atoms with van der Waals surface area (Å²) in [6, 6.07) is 18.5. The zero-order chi connectivity index (χ0) is 23.7. The van der Waals surface area contributed by atoms with Gasteiger partial charge in [0.1, 0.15) is 5.76 Å². The van der Waals surface area contributed by atoms with Crippen LogP contribution in [-0.4, -0.2) is 26.9 Å². The molecule has 2 N–H and O–H groups in total. The fraction of sp³-hybridized carbons (Fsp3) is 0.167. The van der Waals surface area contributed by atoms with Crippen molar-refractivity contribution in [1.82, 2.24) is 10.0 Å². The molecule has 0 radical (unpaired) electrons. The molecule has 0 spiro atoms. The topological polar surface area (TPSA) is 115 Å². The number of rotatable bonds is 10. The van der Waals surface area contributed by atoms with E-state index in [-0.39, 0.29) is 17.5 Å². The third kappa shape index (κ3) is 7.44. The van der Waals surface area contributed by atoms with E-state index in [2.05, 4.69) is 10.0 Å². The fourth-order valence-corrected chi connectivity index (χ4v) is 3.87. The molecule has 0 aliphatic rings. The Bertz CT molecular complexity index is 1190. The molecule has 1 heterocycles. The van der Waals surface area contributed by atoms with Gasteiger partial charge in [-0.05, 0) is 48.4 Å². The third-order valence-corrected chi connectivity index (χ3v) is 6.06. The van der Waals surface area contributed by atoms with E-state index in [0.717, 1.165) is 5.56 Å². The highest BCUT2D eigenvalue weighted by molar-refractivity contribution is 7.89. The number of ether oxygens (including phenoxy) is 1. The van der Waals surface area contributed by atoms with E-state index in [1.807, 2.05) is 37.3 Å². The van der Waals surface area contributed by atoms with Gasteiger partial charge in [-0.3, -0.25) is 4.79 Å². The first-order valence-electron chi connectivity index (χ1n) is 10.1. The summed E-state index contributed by atoms with van der Waals surface area (Å²) in [4.78, 5) is 24.0. The molecule has 0 fully saturated rings. The zero-order valence-corrected chi connectivity index (χ0v) is 18.7. The minimum absolute atomic E-state index is 0.0422. The van der Waals surface area contributed by atoms with Crippen LogP contribution in [-0.2, 0) is 30.9 Å². The van der Waals surface area contributed by atoms with Crippen molar-refractivity contribution < 1.29 is 27.2 Å². The largest absolute Gasteiger partial charge is 0.468 e. The Kier molecular flexibility index (Phi) is 8.17. The quantitative estimate of drug-likeness (QED) is 0.349. The van der Waals surface area contributed by atoms with Gasteiger partial charge in [0.15, 0.2) is 6.61 Å². The van der Waals surface area contributed by atoms with Gasteiger partial charge < -0.3 is 14.5 Å². The molecule has 1 aromatic heterocycles. The van der Waals surface area contributed by atoms with Crippen LogP contribution in [0, 0.1) is 0 Å². The predicted molar refractivity (Wildman–Crippen MR) is 122 cm³/mol. The minimum Gasteiger partial charge on any atom is -0.468 e. The van der Waals surface area contributed by atoms with E-state index in [1.165, 1.54) is 30.5 Å². The number of sulfonamides is 1. The molecular weight excluding hydrogens is 444 g/mol. The molecule has 0 saturated carbocycles. The summed E-state index contributed by atoms with van der Waals surface area (Å²) >= 11 is 0. The average Bonchev–Trinajstić information content (AvgIpc) is 3.35. The summed E-state index contributed by atoms with van der Waals surface area (Å²) in [6.45, 7) is 1.48. The molecule has 0 unspecified atom stereocenters. The molecule has 0 aliphatic heterocycles. The Hall–Kier alpha value is -3.69. The number of benzene rings is 2. The van der Waals surface area contributed by atoms with E-state index in [1.54, 1.807) is 24.3 Å². The van der Waals surface area contributed by atoms with Crippen LogP contribution in [0.15, 0.2) is 88.4 Å². The molecule has 1 atom stereocenters. The average molecular weight is 469 g/mol. The molecule has 1 amide bonds. The number of furan rings is 1. The second kappa shape index (κ2) is 11.3. The van der Waals surface area contributed by atoms with Crippen LogP contribution < -0.4 is 10.0 Å². The molecule has 3 rings (SSSR count). The molecule has 9 heteroatoms. The number of hydrogen-bond donors (Lipinski definition) is 2. The SMILES string of the molecule is C[C@H](NC(=O)COC(=O)/C=C/c1ccc(S(=O)(=O)NCc2ccco2)cc1)c1ccccc1.